The van der Waals surface area contributed by atoms with Crippen LogP contribution in [0.1, 0.15) is 60.3 Å². The number of phenols is 1. The number of methoxy groups -OCH3 is 3. The Morgan fingerprint density at radius 3 is 2.30 bits per heavy atom. The molecule has 3 aromatic carbocycles. The zero-order valence-electron chi connectivity index (χ0n) is 27.0. The molecule has 244 valence electrons. The van der Waals surface area contributed by atoms with Gasteiger partial charge in [-0.3, -0.25) is 4.79 Å². The van der Waals surface area contributed by atoms with E-state index in [4.69, 9.17) is 28.8 Å². The van der Waals surface area contributed by atoms with Gasteiger partial charge < -0.3 is 39.0 Å². The van der Waals surface area contributed by atoms with Crippen molar-refractivity contribution in [2.24, 2.45) is 0 Å². The van der Waals surface area contributed by atoms with Crippen LogP contribution in [0.5, 0.6) is 34.5 Å². The van der Waals surface area contributed by atoms with E-state index in [0.717, 1.165) is 17.2 Å². The molecule has 0 saturated carbocycles. The number of aliphatic hydroxyl groups excluding tert-OH is 1. The Kier molecular flexibility index (Phi) is 10.0. The topological polar surface area (TPSA) is 141 Å². The van der Waals surface area contributed by atoms with E-state index in [-0.39, 0.29) is 23.5 Å². The SMILES string of the molecule is COc1c(CC(=O)c2cc3c(cc2O)OC(C)(C)C(O)C3)ccc2c1C=CC(C)(C)O2.COc1ccc(C=CC(=O)O)cc1OC. The van der Waals surface area contributed by atoms with Crippen molar-refractivity contribution in [1.82, 2.24) is 0 Å². The van der Waals surface area contributed by atoms with Crippen LogP contribution in [0.3, 0.4) is 0 Å². The number of hydrogen-bond donors (Lipinski definition) is 3. The molecule has 0 spiro atoms. The number of carboxylic acids is 1. The number of Topliss-reactive ketones (excluding diaryl/α,β-unsaturated/α-hetero) is 1. The van der Waals surface area contributed by atoms with Gasteiger partial charge in [-0.25, -0.2) is 4.79 Å². The number of rotatable bonds is 8. The molecule has 3 aromatic rings. The first-order valence-electron chi connectivity index (χ1n) is 14.6. The second-order valence-corrected chi connectivity index (χ2v) is 12.0. The maximum atomic E-state index is 13.1. The molecular formula is C36H40O10. The van der Waals surface area contributed by atoms with Gasteiger partial charge in [0.2, 0.25) is 0 Å². The Bertz CT molecular complexity index is 1680. The molecule has 10 heteroatoms. The number of aliphatic carboxylic acids is 1. The second-order valence-electron chi connectivity index (χ2n) is 12.0. The Hall–Kier alpha value is -4.96. The molecule has 0 fully saturated rings. The molecule has 5 rings (SSSR count). The zero-order valence-corrected chi connectivity index (χ0v) is 27.0. The highest BCUT2D eigenvalue weighted by molar-refractivity contribution is 6.01. The van der Waals surface area contributed by atoms with E-state index >= 15 is 0 Å². The number of benzene rings is 3. The van der Waals surface area contributed by atoms with Crippen molar-refractivity contribution in [2.45, 2.75) is 57.8 Å². The lowest BCUT2D eigenvalue weighted by molar-refractivity contribution is -0.131. The summed E-state index contributed by atoms with van der Waals surface area (Å²) in [5.74, 6) is 1.58. The number of aliphatic hydroxyl groups is 1. The number of ketones is 1. The molecular weight excluding hydrogens is 592 g/mol. The van der Waals surface area contributed by atoms with Crippen LogP contribution in [0.2, 0.25) is 0 Å². The molecule has 2 heterocycles. The van der Waals surface area contributed by atoms with Crippen LogP contribution in [-0.2, 0) is 17.6 Å². The van der Waals surface area contributed by atoms with E-state index in [2.05, 4.69) is 0 Å². The summed E-state index contributed by atoms with van der Waals surface area (Å²) in [6.45, 7) is 7.52. The highest BCUT2D eigenvalue weighted by atomic mass is 16.5. The third-order valence-electron chi connectivity index (χ3n) is 7.71. The summed E-state index contributed by atoms with van der Waals surface area (Å²) in [6.07, 6.45) is 6.15. The summed E-state index contributed by atoms with van der Waals surface area (Å²) in [5.41, 5.74) is 1.96. The Morgan fingerprint density at radius 1 is 0.935 bits per heavy atom. The van der Waals surface area contributed by atoms with Crippen molar-refractivity contribution in [3.8, 4) is 34.5 Å². The van der Waals surface area contributed by atoms with Gasteiger partial charge >= 0.3 is 5.97 Å². The molecule has 3 N–H and O–H groups in total. The molecule has 10 nitrogen and oxygen atoms in total. The van der Waals surface area contributed by atoms with Crippen LogP contribution in [0.25, 0.3) is 12.2 Å². The predicted molar refractivity (Wildman–Crippen MR) is 174 cm³/mol. The van der Waals surface area contributed by atoms with E-state index in [1.807, 2.05) is 38.1 Å². The standard InChI is InChI=1S/C25H28O6.C11H12O4/c1-24(2)9-8-16-20(30-24)7-6-14(23(16)29-5)11-18(26)17-10-15-12-22(28)25(3,4)31-21(15)13-19(17)27;1-14-9-5-3-8(4-6-11(12)13)7-10(9)15-2/h6-10,13,22,27-28H,11-12H2,1-5H3;3-7H,1-2H3,(H,12,13). The zero-order chi connectivity index (χ0) is 33.8. The predicted octanol–water partition coefficient (Wildman–Crippen LogP) is 5.89. The van der Waals surface area contributed by atoms with Gasteiger partial charge in [-0.05, 0) is 81.3 Å². The summed E-state index contributed by atoms with van der Waals surface area (Å²) in [6, 6.07) is 11.9. The Balaban J connectivity index is 0.000000270. The van der Waals surface area contributed by atoms with Gasteiger partial charge in [0.15, 0.2) is 17.3 Å². The van der Waals surface area contributed by atoms with Gasteiger partial charge in [0, 0.05) is 30.5 Å². The fraction of sp³-hybridized carbons (Fsp3) is 0.333. The van der Waals surface area contributed by atoms with Crippen molar-refractivity contribution in [3.63, 3.8) is 0 Å². The third kappa shape index (κ3) is 7.63. The first-order valence-corrected chi connectivity index (χ1v) is 14.6. The molecule has 0 aliphatic carbocycles. The minimum atomic E-state index is -0.982. The first-order chi connectivity index (χ1) is 21.7. The summed E-state index contributed by atoms with van der Waals surface area (Å²) < 4.78 is 27.5. The van der Waals surface area contributed by atoms with E-state index < -0.39 is 23.3 Å². The number of fused-ring (bicyclic) bond motifs is 2. The van der Waals surface area contributed by atoms with E-state index in [9.17, 15) is 19.8 Å². The fourth-order valence-corrected chi connectivity index (χ4v) is 5.14. The number of carbonyl (C=O) groups is 2. The van der Waals surface area contributed by atoms with Crippen molar-refractivity contribution in [3.05, 3.63) is 82.4 Å². The van der Waals surface area contributed by atoms with Crippen molar-refractivity contribution >= 4 is 23.9 Å². The lowest BCUT2D eigenvalue weighted by Crippen LogP contribution is -2.46. The smallest absolute Gasteiger partial charge is 0.328 e. The van der Waals surface area contributed by atoms with Gasteiger partial charge in [0.1, 0.15) is 34.2 Å². The van der Waals surface area contributed by atoms with Crippen molar-refractivity contribution in [1.29, 1.82) is 0 Å². The molecule has 0 radical (unpaired) electrons. The van der Waals surface area contributed by atoms with Crippen molar-refractivity contribution in [2.75, 3.05) is 21.3 Å². The summed E-state index contributed by atoms with van der Waals surface area (Å²) in [5, 5.41) is 29.3. The van der Waals surface area contributed by atoms with Crippen LogP contribution in [0.15, 0.2) is 54.6 Å². The van der Waals surface area contributed by atoms with Gasteiger partial charge in [-0.2, -0.15) is 0 Å². The number of carboxylic acid groups (broad SMARTS) is 1. The van der Waals surface area contributed by atoms with E-state index in [1.54, 1.807) is 52.3 Å². The number of carbonyl (C=O) groups excluding carboxylic acids is 1. The molecule has 2 aliphatic rings. The number of ether oxygens (including phenoxy) is 5. The van der Waals surface area contributed by atoms with E-state index in [1.165, 1.54) is 19.3 Å². The first kappa shape index (κ1) is 33.9. The number of phenolic OH excluding ortho intramolecular Hbond substituents is 1. The van der Waals surface area contributed by atoms with Gasteiger partial charge in [0.25, 0.3) is 0 Å². The highest BCUT2D eigenvalue weighted by Gasteiger charge is 2.36. The van der Waals surface area contributed by atoms with Crippen LogP contribution in [0, 0.1) is 0 Å². The van der Waals surface area contributed by atoms with Crippen LogP contribution in [-0.4, -0.2) is 65.7 Å². The molecule has 2 aliphatic heterocycles. The highest BCUT2D eigenvalue weighted by Crippen LogP contribution is 2.41. The Morgan fingerprint density at radius 2 is 1.65 bits per heavy atom. The molecule has 0 aromatic heterocycles. The third-order valence-corrected chi connectivity index (χ3v) is 7.71. The summed E-state index contributed by atoms with van der Waals surface area (Å²) >= 11 is 0. The molecule has 46 heavy (non-hydrogen) atoms. The quantitative estimate of drug-likeness (QED) is 0.203. The fourth-order valence-electron chi connectivity index (χ4n) is 5.14. The minimum absolute atomic E-state index is 0.0505. The second kappa shape index (κ2) is 13.6. The molecule has 0 saturated heterocycles. The normalized spacial score (nSPS) is 16.9. The Labute approximate surface area is 268 Å². The maximum absolute atomic E-state index is 13.1. The van der Waals surface area contributed by atoms with E-state index in [0.29, 0.717) is 46.3 Å². The molecule has 1 atom stereocenters. The van der Waals surface area contributed by atoms with Crippen molar-refractivity contribution < 1.29 is 48.6 Å². The average Bonchev–Trinajstić information content (AvgIpc) is 3.00. The molecule has 1 unspecified atom stereocenters. The lowest BCUT2D eigenvalue weighted by atomic mass is 9.89. The maximum Gasteiger partial charge on any atom is 0.328 e. The molecule has 0 amide bonds. The monoisotopic (exact) mass is 632 g/mol. The summed E-state index contributed by atoms with van der Waals surface area (Å²) in [7, 11) is 4.64. The molecule has 0 bridgehead atoms. The van der Waals surface area contributed by atoms with Gasteiger partial charge in [0.05, 0.1) is 38.6 Å². The average molecular weight is 633 g/mol. The minimum Gasteiger partial charge on any atom is -0.507 e. The number of hydrogen-bond acceptors (Lipinski definition) is 9. The van der Waals surface area contributed by atoms with Crippen LogP contribution in [0.4, 0.5) is 0 Å². The van der Waals surface area contributed by atoms with Crippen LogP contribution < -0.4 is 23.7 Å². The van der Waals surface area contributed by atoms with Gasteiger partial charge in [-0.15, -0.1) is 0 Å². The largest absolute Gasteiger partial charge is 0.507 e. The van der Waals surface area contributed by atoms with Crippen LogP contribution >= 0.6 is 0 Å². The summed E-state index contributed by atoms with van der Waals surface area (Å²) in [4.78, 5) is 23.4. The lowest BCUT2D eigenvalue weighted by Gasteiger charge is -2.37. The van der Waals surface area contributed by atoms with Gasteiger partial charge in [-0.1, -0.05) is 12.1 Å². The number of aromatic hydroxyl groups is 1.